The molecule has 4 heteroatoms. The molecule has 2 saturated heterocycles. The van der Waals surface area contributed by atoms with Crippen LogP contribution in [0.4, 0.5) is 0 Å². The van der Waals surface area contributed by atoms with Crippen molar-refractivity contribution in [2.45, 2.75) is 44.7 Å². The van der Waals surface area contributed by atoms with E-state index in [1.807, 2.05) is 11.8 Å². The number of piperidine rings is 1. The number of carbonyl (C=O) groups is 1. The topological polar surface area (TPSA) is 41.6 Å². The molecule has 16 heavy (non-hydrogen) atoms. The first-order chi connectivity index (χ1) is 7.63. The van der Waals surface area contributed by atoms with Crippen LogP contribution in [0.3, 0.4) is 0 Å². The van der Waals surface area contributed by atoms with Gasteiger partial charge in [-0.2, -0.15) is 0 Å². The highest BCUT2D eigenvalue weighted by atomic mass is 16.5. The Morgan fingerprint density at radius 3 is 2.94 bits per heavy atom. The average Bonchev–Trinajstić information content (AvgIpc) is 2.30. The van der Waals surface area contributed by atoms with E-state index in [0.717, 1.165) is 25.9 Å². The van der Waals surface area contributed by atoms with E-state index in [9.17, 15) is 4.79 Å². The third-order valence-electron chi connectivity index (χ3n) is 3.72. The Morgan fingerprint density at radius 1 is 1.50 bits per heavy atom. The predicted octanol–water partition coefficient (Wildman–Crippen LogP) is 0.766. The summed E-state index contributed by atoms with van der Waals surface area (Å²) in [6.45, 7) is 7.13. The van der Waals surface area contributed by atoms with Gasteiger partial charge in [0.05, 0.1) is 24.8 Å². The maximum atomic E-state index is 12.5. The first kappa shape index (κ1) is 11.9. The van der Waals surface area contributed by atoms with Gasteiger partial charge in [-0.1, -0.05) is 0 Å². The average molecular weight is 226 g/mol. The molecule has 0 bridgehead atoms. The van der Waals surface area contributed by atoms with E-state index >= 15 is 0 Å². The minimum Gasteiger partial charge on any atom is -0.377 e. The fraction of sp³-hybridized carbons (Fsp3) is 0.917. The van der Waals surface area contributed by atoms with Crippen LogP contribution in [0.5, 0.6) is 0 Å². The Hall–Kier alpha value is -0.610. The molecule has 92 valence electrons. The number of amides is 1. The largest absolute Gasteiger partial charge is 0.377 e. The van der Waals surface area contributed by atoms with Gasteiger partial charge < -0.3 is 15.0 Å². The van der Waals surface area contributed by atoms with Crippen molar-refractivity contribution in [3.63, 3.8) is 0 Å². The third kappa shape index (κ3) is 2.23. The van der Waals surface area contributed by atoms with Crippen LogP contribution in [0.2, 0.25) is 0 Å². The second-order valence-corrected chi connectivity index (χ2v) is 5.14. The summed E-state index contributed by atoms with van der Waals surface area (Å²) in [4.78, 5) is 14.5. The summed E-state index contributed by atoms with van der Waals surface area (Å²) >= 11 is 0. The summed E-state index contributed by atoms with van der Waals surface area (Å²) in [5.41, 5.74) is -0.343. The van der Waals surface area contributed by atoms with Crippen molar-refractivity contribution in [3.8, 4) is 0 Å². The molecule has 0 aliphatic carbocycles. The van der Waals surface area contributed by atoms with Crippen LogP contribution in [0.25, 0.3) is 0 Å². The zero-order valence-electron chi connectivity index (χ0n) is 10.3. The number of carbonyl (C=O) groups excluding carboxylic acids is 1. The molecule has 2 rings (SSSR count). The SMILES string of the molecule is CC1COCCN1C(=O)C1(C)CCCCN1. The monoisotopic (exact) mass is 226 g/mol. The standard InChI is InChI=1S/C12H22N2O2/c1-10-9-16-8-7-14(10)11(15)12(2)5-3-4-6-13-12/h10,13H,3-9H2,1-2H3. The molecule has 0 aromatic heterocycles. The van der Waals surface area contributed by atoms with Crippen molar-refractivity contribution >= 4 is 5.91 Å². The Kier molecular flexibility index (Phi) is 3.50. The summed E-state index contributed by atoms with van der Waals surface area (Å²) in [6, 6.07) is 0.210. The van der Waals surface area contributed by atoms with Gasteiger partial charge in [-0.25, -0.2) is 0 Å². The van der Waals surface area contributed by atoms with E-state index < -0.39 is 0 Å². The molecule has 1 N–H and O–H groups in total. The van der Waals surface area contributed by atoms with Crippen LogP contribution in [-0.4, -0.2) is 48.7 Å². The van der Waals surface area contributed by atoms with Crippen LogP contribution in [-0.2, 0) is 9.53 Å². The number of hydrogen-bond donors (Lipinski definition) is 1. The minimum atomic E-state index is -0.343. The molecule has 0 aromatic carbocycles. The van der Waals surface area contributed by atoms with E-state index in [0.29, 0.717) is 13.2 Å². The summed E-state index contributed by atoms with van der Waals surface area (Å²) < 4.78 is 5.37. The fourth-order valence-electron chi connectivity index (χ4n) is 2.58. The molecular formula is C12H22N2O2. The number of nitrogens with zero attached hydrogens (tertiary/aromatic N) is 1. The Labute approximate surface area is 97.3 Å². The fourth-order valence-corrected chi connectivity index (χ4v) is 2.58. The number of nitrogens with one attached hydrogen (secondary N) is 1. The highest BCUT2D eigenvalue weighted by molar-refractivity contribution is 5.86. The predicted molar refractivity (Wildman–Crippen MR) is 62.3 cm³/mol. The van der Waals surface area contributed by atoms with Gasteiger partial charge in [0.1, 0.15) is 0 Å². The number of morpholine rings is 1. The van der Waals surface area contributed by atoms with Gasteiger partial charge >= 0.3 is 0 Å². The summed E-state index contributed by atoms with van der Waals surface area (Å²) in [5.74, 6) is 0.253. The minimum absolute atomic E-state index is 0.210. The van der Waals surface area contributed by atoms with E-state index in [1.54, 1.807) is 0 Å². The van der Waals surface area contributed by atoms with E-state index in [-0.39, 0.29) is 17.5 Å². The normalized spacial score (nSPS) is 36.1. The van der Waals surface area contributed by atoms with Crippen LogP contribution in [0.1, 0.15) is 33.1 Å². The third-order valence-corrected chi connectivity index (χ3v) is 3.72. The first-order valence-corrected chi connectivity index (χ1v) is 6.27. The summed E-state index contributed by atoms with van der Waals surface area (Å²) in [6.07, 6.45) is 3.28. The van der Waals surface area contributed by atoms with Crippen LogP contribution in [0.15, 0.2) is 0 Å². The highest BCUT2D eigenvalue weighted by Gasteiger charge is 2.39. The smallest absolute Gasteiger partial charge is 0.242 e. The van der Waals surface area contributed by atoms with Crippen LogP contribution >= 0.6 is 0 Å². The molecule has 0 aromatic rings. The Balaban J connectivity index is 2.04. The maximum Gasteiger partial charge on any atom is 0.242 e. The van der Waals surface area contributed by atoms with Gasteiger partial charge in [0.25, 0.3) is 0 Å². The maximum absolute atomic E-state index is 12.5. The molecule has 2 aliphatic rings. The van der Waals surface area contributed by atoms with Crippen molar-refractivity contribution in [2.75, 3.05) is 26.3 Å². The van der Waals surface area contributed by atoms with Crippen molar-refractivity contribution < 1.29 is 9.53 Å². The number of rotatable bonds is 1. The Morgan fingerprint density at radius 2 is 2.31 bits per heavy atom. The van der Waals surface area contributed by atoms with E-state index in [2.05, 4.69) is 12.2 Å². The van der Waals surface area contributed by atoms with Crippen LogP contribution < -0.4 is 5.32 Å². The second-order valence-electron chi connectivity index (χ2n) is 5.14. The van der Waals surface area contributed by atoms with Crippen molar-refractivity contribution in [1.82, 2.24) is 10.2 Å². The van der Waals surface area contributed by atoms with Gasteiger partial charge in [0.2, 0.25) is 5.91 Å². The zero-order valence-corrected chi connectivity index (χ0v) is 10.3. The van der Waals surface area contributed by atoms with Crippen LogP contribution in [0, 0.1) is 0 Å². The molecular weight excluding hydrogens is 204 g/mol. The lowest BCUT2D eigenvalue weighted by molar-refractivity contribution is -0.146. The van der Waals surface area contributed by atoms with E-state index in [1.165, 1.54) is 6.42 Å². The number of ether oxygens (including phenoxy) is 1. The lowest BCUT2D eigenvalue weighted by Gasteiger charge is -2.42. The van der Waals surface area contributed by atoms with Crippen molar-refractivity contribution in [3.05, 3.63) is 0 Å². The summed E-state index contributed by atoms with van der Waals surface area (Å²) in [5, 5.41) is 3.38. The molecule has 2 unspecified atom stereocenters. The molecule has 2 heterocycles. The van der Waals surface area contributed by atoms with Gasteiger partial charge in [-0.15, -0.1) is 0 Å². The molecule has 2 atom stereocenters. The number of hydrogen-bond acceptors (Lipinski definition) is 3. The van der Waals surface area contributed by atoms with Gasteiger partial charge in [-0.05, 0) is 39.7 Å². The van der Waals surface area contributed by atoms with Gasteiger partial charge in [-0.3, -0.25) is 4.79 Å². The molecule has 2 aliphatic heterocycles. The van der Waals surface area contributed by atoms with Crippen molar-refractivity contribution in [2.24, 2.45) is 0 Å². The summed E-state index contributed by atoms with van der Waals surface area (Å²) in [7, 11) is 0. The second kappa shape index (κ2) is 4.72. The first-order valence-electron chi connectivity index (χ1n) is 6.27. The quantitative estimate of drug-likeness (QED) is 0.718. The molecule has 2 fully saturated rings. The Bertz CT molecular complexity index is 262. The van der Waals surface area contributed by atoms with Gasteiger partial charge in [0, 0.05) is 6.54 Å². The highest BCUT2D eigenvalue weighted by Crippen LogP contribution is 2.23. The van der Waals surface area contributed by atoms with E-state index in [4.69, 9.17) is 4.74 Å². The molecule has 4 nitrogen and oxygen atoms in total. The molecule has 0 saturated carbocycles. The lowest BCUT2D eigenvalue weighted by atomic mass is 9.89. The molecule has 0 radical (unpaired) electrons. The zero-order chi connectivity index (χ0) is 11.6. The molecule has 1 amide bonds. The lowest BCUT2D eigenvalue weighted by Crippen LogP contribution is -2.61. The van der Waals surface area contributed by atoms with Crippen molar-refractivity contribution in [1.29, 1.82) is 0 Å². The molecule has 0 spiro atoms. The van der Waals surface area contributed by atoms with Gasteiger partial charge in [0.15, 0.2) is 0 Å².